The first kappa shape index (κ1) is 16.6. The van der Waals surface area contributed by atoms with Gasteiger partial charge in [-0.25, -0.2) is 0 Å². The lowest BCUT2D eigenvalue weighted by Crippen LogP contribution is -2.38. The molecule has 1 aromatic carbocycles. The van der Waals surface area contributed by atoms with Crippen molar-refractivity contribution in [3.8, 4) is 5.75 Å². The molecule has 1 aliphatic rings. The summed E-state index contributed by atoms with van der Waals surface area (Å²) in [6.45, 7) is 2.04. The zero-order valence-electron chi connectivity index (χ0n) is 12.7. The fourth-order valence-corrected chi connectivity index (χ4v) is 2.43. The van der Waals surface area contributed by atoms with E-state index in [0.717, 1.165) is 0 Å². The summed E-state index contributed by atoms with van der Waals surface area (Å²) in [6.07, 6.45) is -0.176. The first-order valence-corrected chi connectivity index (χ1v) is 7.18. The van der Waals surface area contributed by atoms with Crippen molar-refractivity contribution in [2.75, 3.05) is 36.0 Å². The van der Waals surface area contributed by atoms with Crippen molar-refractivity contribution in [3.05, 3.63) is 18.2 Å². The van der Waals surface area contributed by atoms with Crippen molar-refractivity contribution in [1.29, 1.82) is 0 Å². The number of aliphatic carboxylic acids is 2. The highest BCUT2D eigenvalue weighted by Gasteiger charge is 2.25. The van der Waals surface area contributed by atoms with Crippen LogP contribution in [-0.2, 0) is 14.4 Å². The molecule has 8 nitrogen and oxygen atoms in total. The maximum Gasteiger partial charge on any atom is 0.323 e. The monoisotopic (exact) mass is 322 g/mol. The molecule has 124 valence electrons. The Hall–Kier alpha value is -2.77. The summed E-state index contributed by atoms with van der Waals surface area (Å²) >= 11 is 0. The largest absolute Gasteiger partial charge is 0.481 e. The van der Waals surface area contributed by atoms with Crippen molar-refractivity contribution in [2.24, 2.45) is 0 Å². The number of rotatable bonds is 7. The fourth-order valence-electron chi connectivity index (χ4n) is 2.43. The molecule has 0 aliphatic carbocycles. The number of hydrogen-bond acceptors (Lipinski definition) is 5. The number of likely N-dealkylation sites (N-methyl/N-ethyl adjacent to an activating group) is 1. The average molecular weight is 322 g/mol. The van der Waals surface area contributed by atoms with Crippen LogP contribution < -0.4 is 14.5 Å². The van der Waals surface area contributed by atoms with E-state index in [2.05, 4.69) is 0 Å². The lowest BCUT2D eigenvalue weighted by molar-refractivity contribution is -0.138. The van der Waals surface area contributed by atoms with Gasteiger partial charge < -0.3 is 24.7 Å². The number of hydrogen-bond donors (Lipinski definition) is 2. The molecule has 2 rings (SSSR count). The molecule has 0 aromatic heterocycles. The first-order chi connectivity index (χ1) is 10.9. The molecule has 0 saturated heterocycles. The molecule has 2 N–H and O–H groups in total. The van der Waals surface area contributed by atoms with Gasteiger partial charge in [0.15, 0.2) is 6.61 Å². The summed E-state index contributed by atoms with van der Waals surface area (Å²) in [5.74, 6) is -1.72. The molecule has 0 saturated carbocycles. The van der Waals surface area contributed by atoms with Crippen LogP contribution in [0.3, 0.4) is 0 Å². The van der Waals surface area contributed by atoms with Crippen LogP contribution in [0.5, 0.6) is 5.75 Å². The third-order valence-electron chi connectivity index (χ3n) is 3.49. The van der Waals surface area contributed by atoms with Crippen LogP contribution in [0.1, 0.15) is 13.3 Å². The zero-order valence-corrected chi connectivity index (χ0v) is 12.7. The Kier molecular flexibility index (Phi) is 5.05. The second-order valence-electron chi connectivity index (χ2n) is 5.04. The summed E-state index contributed by atoms with van der Waals surface area (Å²) in [7, 11) is 0. The van der Waals surface area contributed by atoms with Gasteiger partial charge in [-0.3, -0.25) is 14.4 Å². The molecule has 0 atom stereocenters. The van der Waals surface area contributed by atoms with E-state index in [0.29, 0.717) is 23.7 Å². The molecule has 1 aromatic rings. The highest BCUT2D eigenvalue weighted by molar-refractivity contribution is 5.98. The lowest BCUT2D eigenvalue weighted by Gasteiger charge is -2.30. The minimum absolute atomic E-state index is 0.0663. The number of carboxylic acid groups (broad SMARTS) is 2. The number of carbonyl (C=O) groups excluding carboxylic acids is 1. The number of nitrogens with zero attached hydrogens (tertiary/aromatic N) is 2. The van der Waals surface area contributed by atoms with Gasteiger partial charge in [0.1, 0.15) is 12.3 Å². The van der Waals surface area contributed by atoms with Gasteiger partial charge in [-0.15, -0.1) is 0 Å². The maximum absolute atomic E-state index is 11.8. The number of amides is 1. The Morgan fingerprint density at radius 2 is 2.04 bits per heavy atom. The summed E-state index contributed by atoms with van der Waals surface area (Å²) in [5.41, 5.74) is 1.17. The summed E-state index contributed by atoms with van der Waals surface area (Å²) < 4.78 is 5.41. The number of ether oxygens (including phenoxy) is 1. The molecular formula is C15H18N2O6. The first-order valence-electron chi connectivity index (χ1n) is 7.18. The number of carboxylic acids is 2. The Morgan fingerprint density at radius 1 is 1.30 bits per heavy atom. The Morgan fingerprint density at radius 3 is 2.65 bits per heavy atom. The molecule has 0 radical (unpaired) electrons. The fraction of sp³-hybridized carbons (Fsp3) is 0.400. The second kappa shape index (κ2) is 6.99. The van der Waals surface area contributed by atoms with E-state index >= 15 is 0 Å². The van der Waals surface area contributed by atoms with E-state index in [9.17, 15) is 14.4 Å². The van der Waals surface area contributed by atoms with Gasteiger partial charge in [-0.2, -0.15) is 0 Å². The van der Waals surface area contributed by atoms with Gasteiger partial charge in [0.25, 0.3) is 5.91 Å². The highest BCUT2D eigenvalue weighted by atomic mass is 16.5. The molecule has 23 heavy (non-hydrogen) atoms. The van der Waals surface area contributed by atoms with Crippen LogP contribution in [0.4, 0.5) is 11.4 Å². The third-order valence-corrected chi connectivity index (χ3v) is 3.49. The third kappa shape index (κ3) is 3.91. The van der Waals surface area contributed by atoms with Crippen LogP contribution in [0.2, 0.25) is 0 Å². The highest BCUT2D eigenvalue weighted by Crippen LogP contribution is 2.35. The van der Waals surface area contributed by atoms with Crippen molar-refractivity contribution in [1.82, 2.24) is 0 Å². The van der Waals surface area contributed by atoms with Gasteiger partial charge in [-0.1, -0.05) is 0 Å². The molecule has 8 heteroatoms. The van der Waals surface area contributed by atoms with Crippen LogP contribution in [0.25, 0.3) is 0 Å². The van der Waals surface area contributed by atoms with Crippen molar-refractivity contribution in [3.63, 3.8) is 0 Å². The predicted octanol–water partition coefficient (Wildman–Crippen LogP) is 0.798. The van der Waals surface area contributed by atoms with Crippen molar-refractivity contribution < 1.29 is 29.3 Å². The number of anilines is 2. The summed E-state index contributed by atoms with van der Waals surface area (Å²) in [6, 6.07) is 4.98. The van der Waals surface area contributed by atoms with Crippen LogP contribution >= 0.6 is 0 Å². The second-order valence-corrected chi connectivity index (χ2v) is 5.04. The molecule has 0 spiro atoms. The zero-order chi connectivity index (χ0) is 17.0. The normalized spacial score (nSPS) is 13.3. The predicted molar refractivity (Wildman–Crippen MR) is 82.1 cm³/mol. The minimum Gasteiger partial charge on any atom is -0.481 e. The molecule has 0 fully saturated rings. The van der Waals surface area contributed by atoms with E-state index in [1.54, 1.807) is 23.1 Å². The van der Waals surface area contributed by atoms with E-state index in [-0.39, 0.29) is 32.0 Å². The van der Waals surface area contributed by atoms with Gasteiger partial charge >= 0.3 is 11.9 Å². The van der Waals surface area contributed by atoms with E-state index < -0.39 is 11.9 Å². The molecule has 0 unspecified atom stereocenters. The summed E-state index contributed by atoms with van der Waals surface area (Å²) in [4.78, 5) is 36.5. The van der Waals surface area contributed by atoms with Gasteiger partial charge in [0, 0.05) is 24.8 Å². The number of fused-ring (bicyclic) bond motifs is 1. The Bertz CT molecular complexity index is 630. The minimum atomic E-state index is -1.06. The topological polar surface area (TPSA) is 107 Å². The van der Waals surface area contributed by atoms with Gasteiger partial charge in [0.2, 0.25) is 0 Å². The standard InChI is InChI=1S/C15H18N2O6/c1-2-17-11-4-3-10(7-12(11)23-9-13(17)18)16(8-15(21)22)6-5-14(19)20/h3-4,7H,2,5-6,8-9H2,1H3,(H,19,20)(H,21,22). The van der Waals surface area contributed by atoms with Crippen LogP contribution in [-0.4, -0.2) is 54.3 Å². The van der Waals surface area contributed by atoms with Crippen LogP contribution in [0.15, 0.2) is 18.2 Å². The Labute approximate surface area is 132 Å². The lowest BCUT2D eigenvalue weighted by atomic mass is 10.2. The number of benzene rings is 1. The molecule has 1 heterocycles. The number of carbonyl (C=O) groups is 3. The molecular weight excluding hydrogens is 304 g/mol. The van der Waals surface area contributed by atoms with E-state index in [4.69, 9.17) is 14.9 Å². The molecule has 1 amide bonds. The van der Waals surface area contributed by atoms with Gasteiger partial charge in [-0.05, 0) is 19.1 Å². The SMILES string of the molecule is CCN1C(=O)COc2cc(N(CCC(=O)O)CC(=O)O)ccc21. The molecule has 0 bridgehead atoms. The summed E-state index contributed by atoms with van der Waals surface area (Å²) in [5, 5.41) is 17.8. The van der Waals surface area contributed by atoms with E-state index in [1.807, 2.05) is 6.92 Å². The quantitative estimate of drug-likeness (QED) is 0.764. The van der Waals surface area contributed by atoms with Gasteiger partial charge in [0.05, 0.1) is 12.1 Å². The van der Waals surface area contributed by atoms with Crippen molar-refractivity contribution >= 4 is 29.2 Å². The molecule has 1 aliphatic heterocycles. The maximum atomic E-state index is 11.8. The van der Waals surface area contributed by atoms with E-state index in [1.165, 1.54) is 4.90 Å². The smallest absolute Gasteiger partial charge is 0.323 e. The van der Waals surface area contributed by atoms with Crippen LogP contribution in [0, 0.1) is 0 Å². The Balaban J connectivity index is 2.28. The van der Waals surface area contributed by atoms with Crippen molar-refractivity contribution in [2.45, 2.75) is 13.3 Å². The average Bonchev–Trinajstić information content (AvgIpc) is 2.50.